The van der Waals surface area contributed by atoms with E-state index in [1.807, 2.05) is 25.1 Å². The average molecular weight is 282 g/mol. The Kier molecular flexibility index (Phi) is 3.31. The molecule has 1 aromatic heterocycles. The van der Waals surface area contributed by atoms with Gasteiger partial charge in [0.15, 0.2) is 5.82 Å². The van der Waals surface area contributed by atoms with Crippen LogP contribution in [0, 0.1) is 6.92 Å². The average Bonchev–Trinajstić information content (AvgIpc) is 2.67. The standard InChI is InChI=1S/C10H12BrN5/c1-7-6-8(11)2-3-9(7)10-13-14-15-16(10)5-4-12/h2-3,6H,4-5,12H2,1H3. The maximum atomic E-state index is 5.50. The molecule has 1 heterocycles. The van der Waals surface area contributed by atoms with Crippen molar-refractivity contribution in [3.8, 4) is 11.4 Å². The Labute approximate surface area is 102 Å². The maximum absolute atomic E-state index is 5.50. The van der Waals surface area contributed by atoms with E-state index in [0.717, 1.165) is 21.4 Å². The van der Waals surface area contributed by atoms with Gasteiger partial charge in [-0.2, -0.15) is 0 Å². The van der Waals surface area contributed by atoms with Crippen LogP contribution >= 0.6 is 15.9 Å². The molecule has 16 heavy (non-hydrogen) atoms. The molecule has 84 valence electrons. The van der Waals surface area contributed by atoms with E-state index in [9.17, 15) is 0 Å². The van der Waals surface area contributed by atoms with Crippen LogP contribution in [-0.2, 0) is 6.54 Å². The molecule has 1 aromatic carbocycles. The third-order valence-electron chi connectivity index (χ3n) is 2.30. The summed E-state index contributed by atoms with van der Waals surface area (Å²) >= 11 is 3.43. The molecule has 0 saturated carbocycles. The fourth-order valence-corrected chi connectivity index (χ4v) is 2.02. The summed E-state index contributed by atoms with van der Waals surface area (Å²) in [5.74, 6) is 0.760. The van der Waals surface area contributed by atoms with Gasteiger partial charge in [-0.05, 0) is 41.1 Å². The number of aryl methyl sites for hydroxylation is 1. The number of rotatable bonds is 3. The lowest BCUT2D eigenvalue weighted by molar-refractivity contribution is 0.602. The molecule has 0 bridgehead atoms. The van der Waals surface area contributed by atoms with Gasteiger partial charge >= 0.3 is 0 Å². The summed E-state index contributed by atoms with van der Waals surface area (Å²) < 4.78 is 2.77. The van der Waals surface area contributed by atoms with E-state index in [4.69, 9.17) is 5.73 Å². The van der Waals surface area contributed by atoms with E-state index in [1.165, 1.54) is 0 Å². The molecular formula is C10H12BrN5. The zero-order chi connectivity index (χ0) is 11.5. The highest BCUT2D eigenvalue weighted by molar-refractivity contribution is 9.10. The number of hydrogen-bond donors (Lipinski definition) is 1. The fourth-order valence-electron chi connectivity index (χ4n) is 1.55. The number of benzene rings is 1. The first-order valence-electron chi connectivity index (χ1n) is 4.95. The van der Waals surface area contributed by atoms with Crippen molar-refractivity contribution in [2.75, 3.05) is 6.54 Å². The summed E-state index contributed by atoms with van der Waals surface area (Å²) in [6.45, 7) is 3.17. The lowest BCUT2D eigenvalue weighted by Crippen LogP contribution is -2.12. The summed E-state index contributed by atoms with van der Waals surface area (Å²) in [5, 5.41) is 11.6. The van der Waals surface area contributed by atoms with Crippen molar-refractivity contribution in [3.63, 3.8) is 0 Å². The van der Waals surface area contributed by atoms with Crippen molar-refractivity contribution in [1.29, 1.82) is 0 Å². The van der Waals surface area contributed by atoms with Crippen molar-refractivity contribution in [2.24, 2.45) is 5.73 Å². The number of nitrogens with two attached hydrogens (primary N) is 1. The Morgan fingerprint density at radius 1 is 1.44 bits per heavy atom. The van der Waals surface area contributed by atoms with Crippen molar-refractivity contribution in [2.45, 2.75) is 13.5 Å². The van der Waals surface area contributed by atoms with Gasteiger partial charge in [-0.15, -0.1) is 5.10 Å². The zero-order valence-corrected chi connectivity index (χ0v) is 10.5. The number of hydrogen-bond acceptors (Lipinski definition) is 4. The molecule has 5 nitrogen and oxygen atoms in total. The highest BCUT2D eigenvalue weighted by Gasteiger charge is 2.10. The molecule has 0 radical (unpaired) electrons. The van der Waals surface area contributed by atoms with Gasteiger partial charge in [-0.1, -0.05) is 15.9 Å². The van der Waals surface area contributed by atoms with Crippen LogP contribution in [0.15, 0.2) is 22.7 Å². The molecule has 0 atom stereocenters. The fraction of sp³-hybridized carbons (Fsp3) is 0.300. The van der Waals surface area contributed by atoms with Gasteiger partial charge in [0, 0.05) is 16.6 Å². The van der Waals surface area contributed by atoms with Crippen molar-refractivity contribution in [1.82, 2.24) is 20.2 Å². The highest BCUT2D eigenvalue weighted by atomic mass is 79.9. The molecule has 2 rings (SSSR count). The first-order chi connectivity index (χ1) is 7.72. The summed E-state index contributed by atoms with van der Waals surface area (Å²) in [6.07, 6.45) is 0. The largest absolute Gasteiger partial charge is 0.329 e. The van der Waals surface area contributed by atoms with Gasteiger partial charge in [0.25, 0.3) is 0 Å². The smallest absolute Gasteiger partial charge is 0.182 e. The topological polar surface area (TPSA) is 69.6 Å². The third kappa shape index (κ3) is 2.12. The molecule has 0 aliphatic heterocycles. The predicted molar refractivity (Wildman–Crippen MR) is 64.7 cm³/mol. The summed E-state index contributed by atoms with van der Waals surface area (Å²) in [7, 11) is 0. The van der Waals surface area contributed by atoms with E-state index >= 15 is 0 Å². The molecule has 0 fully saturated rings. The Morgan fingerprint density at radius 3 is 2.94 bits per heavy atom. The van der Waals surface area contributed by atoms with Crippen molar-refractivity contribution in [3.05, 3.63) is 28.2 Å². The Balaban J connectivity index is 2.46. The molecule has 0 amide bonds. The van der Waals surface area contributed by atoms with Gasteiger partial charge in [-0.25, -0.2) is 4.68 Å². The Morgan fingerprint density at radius 2 is 2.25 bits per heavy atom. The SMILES string of the molecule is Cc1cc(Br)ccc1-c1nnnn1CCN. The lowest BCUT2D eigenvalue weighted by Gasteiger charge is -2.06. The molecule has 0 aliphatic carbocycles. The van der Waals surface area contributed by atoms with E-state index in [0.29, 0.717) is 13.1 Å². The minimum absolute atomic E-state index is 0.521. The zero-order valence-electron chi connectivity index (χ0n) is 8.89. The van der Waals surface area contributed by atoms with Gasteiger partial charge in [0.05, 0.1) is 6.54 Å². The molecule has 0 saturated heterocycles. The molecule has 2 aromatic rings. The normalized spacial score (nSPS) is 10.7. The minimum atomic E-state index is 0.521. The molecule has 2 N–H and O–H groups in total. The summed E-state index contributed by atoms with van der Waals surface area (Å²) in [5.41, 5.74) is 7.66. The molecular weight excluding hydrogens is 270 g/mol. The van der Waals surface area contributed by atoms with E-state index in [2.05, 4.69) is 31.5 Å². The molecule has 0 aliphatic rings. The van der Waals surface area contributed by atoms with Gasteiger partial charge < -0.3 is 5.73 Å². The summed E-state index contributed by atoms with van der Waals surface area (Å²) in [4.78, 5) is 0. The van der Waals surface area contributed by atoms with Crippen LogP contribution < -0.4 is 5.73 Å². The van der Waals surface area contributed by atoms with Crippen LogP contribution in [0.5, 0.6) is 0 Å². The van der Waals surface area contributed by atoms with Crippen molar-refractivity contribution >= 4 is 15.9 Å². The van der Waals surface area contributed by atoms with Crippen LogP contribution in [0.4, 0.5) is 0 Å². The Bertz CT molecular complexity index is 494. The second-order valence-corrected chi connectivity index (χ2v) is 4.39. The third-order valence-corrected chi connectivity index (χ3v) is 2.80. The highest BCUT2D eigenvalue weighted by Crippen LogP contribution is 2.23. The lowest BCUT2D eigenvalue weighted by atomic mass is 10.1. The number of nitrogens with zero attached hydrogens (tertiary/aromatic N) is 4. The van der Waals surface area contributed by atoms with Crippen LogP contribution in [0.25, 0.3) is 11.4 Å². The van der Waals surface area contributed by atoms with E-state index in [-0.39, 0.29) is 0 Å². The second kappa shape index (κ2) is 4.71. The first kappa shape index (κ1) is 11.2. The van der Waals surface area contributed by atoms with E-state index in [1.54, 1.807) is 4.68 Å². The first-order valence-corrected chi connectivity index (χ1v) is 5.74. The maximum Gasteiger partial charge on any atom is 0.182 e. The molecule has 0 unspecified atom stereocenters. The van der Waals surface area contributed by atoms with Crippen molar-refractivity contribution < 1.29 is 0 Å². The van der Waals surface area contributed by atoms with Crippen LogP contribution in [0.2, 0.25) is 0 Å². The van der Waals surface area contributed by atoms with Gasteiger partial charge in [-0.3, -0.25) is 0 Å². The Hall–Kier alpha value is -1.27. The van der Waals surface area contributed by atoms with Crippen LogP contribution in [0.3, 0.4) is 0 Å². The number of aromatic nitrogens is 4. The quantitative estimate of drug-likeness (QED) is 0.923. The monoisotopic (exact) mass is 281 g/mol. The predicted octanol–water partition coefficient (Wildman–Crippen LogP) is 1.37. The minimum Gasteiger partial charge on any atom is -0.329 e. The molecule has 6 heteroatoms. The second-order valence-electron chi connectivity index (χ2n) is 3.47. The number of halogens is 1. The molecule has 0 spiro atoms. The summed E-state index contributed by atoms with van der Waals surface area (Å²) in [6, 6.07) is 6.01. The van der Waals surface area contributed by atoms with Gasteiger partial charge in [0.2, 0.25) is 0 Å². The van der Waals surface area contributed by atoms with Gasteiger partial charge in [0.1, 0.15) is 0 Å². The number of tetrazole rings is 1. The van der Waals surface area contributed by atoms with Crippen LogP contribution in [0.1, 0.15) is 5.56 Å². The van der Waals surface area contributed by atoms with Crippen LogP contribution in [-0.4, -0.2) is 26.8 Å². The van der Waals surface area contributed by atoms with E-state index < -0.39 is 0 Å².